The van der Waals surface area contributed by atoms with Crippen LogP contribution in [0.1, 0.15) is 44.2 Å². The van der Waals surface area contributed by atoms with Gasteiger partial charge in [-0.05, 0) is 38.1 Å². The maximum atomic E-state index is 10.4. The maximum absolute atomic E-state index is 10.4. The number of carbonyl (C=O) groups is 2. The van der Waals surface area contributed by atoms with Gasteiger partial charge in [0.1, 0.15) is 12.2 Å². The predicted octanol–water partition coefficient (Wildman–Crippen LogP) is 2.16. The summed E-state index contributed by atoms with van der Waals surface area (Å²) in [5.41, 5.74) is 2.29. The van der Waals surface area contributed by atoms with Gasteiger partial charge in [-0.1, -0.05) is 32.1 Å². The second-order valence-electron chi connectivity index (χ2n) is 8.42. The summed E-state index contributed by atoms with van der Waals surface area (Å²) in [6.07, 6.45) is 5.62. The molecule has 8 nitrogen and oxygen atoms in total. The molecule has 1 fully saturated rings. The van der Waals surface area contributed by atoms with E-state index in [9.17, 15) is 19.8 Å². The molecule has 2 heterocycles. The lowest BCUT2D eigenvalue weighted by Crippen LogP contribution is -2.64. The Balaban J connectivity index is 0.000000232. The molecule has 8 heteroatoms. The smallest absolute Gasteiger partial charge is 0.303 e. The second-order valence-corrected chi connectivity index (χ2v) is 8.42. The van der Waals surface area contributed by atoms with Gasteiger partial charge in [0.15, 0.2) is 11.5 Å². The zero-order valence-electron chi connectivity index (χ0n) is 18.1. The first-order chi connectivity index (χ1) is 14.7. The molecule has 1 spiro atoms. The molecule has 4 N–H and O–H groups in total. The molecular weight excluding hydrogens is 402 g/mol. The van der Waals surface area contributed by atoms with Gasteiger partial charge in [-0.25, -0.2) is 0 Å². The summed E-state index contributed by atoms with van der Waals surface area (Å²) >= 11 is 0. The number of phenols is 1. The van der Waals surface area contributed by atoms with E-state index in [1.807, 2.05) is 12.1 Å². The number of likely N-dealkylation sites (N-methyl/N-ethyl adjacent to an activating group) is 1. The molecule has 1 saturated heterocycles. The quantitative estimate of drug-likeness (QED) is 0.523. The van der Waals surface area contributed by atoms with Crippen LogP contribution in [0, 0.1) is 5.92 Å². The molecular formula is C23H31NO7. The summed E-state index contributed by atoms with van der Waals surface area (Å²) in [5.74, 6) is -0.302. The first-order valence-electron chi connectivity index (χ1n) is 10.7. The van der Waals surface area contributed by atoms with Crippen molar-refractivity contribution in [2.75, 3.05) is 13.6 Å². The number of ether oxygens (including phenoxy) is 1. The van der Waals surface area contributed by atoms with Gasteiger partial charge in [0, 0.05) is 35.8 Å². The highest BCUT2D eigenvalue weighted by Crippen LogP contribution is 2.62. The van der Waals surface area contributed by atoms with Crippen molar-refractivity contribution in [2.45, 2.75) is 63.2 Å². The summed E-state index contributed by atoms with van der Waals surface area (Å²) < 4.78 is 6.09. The second kappa shape index (κ2) is 8.88. The number of aliphatic hydroxyl groups excluding tert-OH is 1. The number of hydrogen-bond donors (Lipinski definition) is 4. The lowest BCUT2D eigenvalue weighted by Gasteiger charge is -2.56. The summed E-state index contributed by atoms with van der Waals surface area (Å²) in [4.78, 5) is 21.2. The highest BCUT2D eigenvalue weighted by atomic mass is 16.5. The van der Waals surface area contributed by atoms with Crippen LogP contribution in [0.5, 0.6) is 11.5 Å². The molecule has 170 valence electrons. The normalized spacial score (nSPS) is 31.2. The van der Waals surface area contributed by atoms with Crippen molar-refractivity contribution in [3.05, 3.63) is 35.4 Å². The Bertz CT molecular complexity index is 869. The molecule has 1 aromatic carbocycles. The van der Waals surface area contributed by atoms with Crippen molar-refractivity contribution in [2.24, 2.45) is 5.92 Å². The number of aliphatic hydroxyl groups is 1. The van der Waals surface area contributed by atoms with Crippen LogP contribution in [0.4, 0.5) is 0 Å². The monoisotopic (exact) mass is 433 g/mol. The molecule has 0 aromatic heterocycles. The topological polar surface area (TPSA) is 128 Å². The van der Waals surface area contributed by atoms with E-state index in [4.69, 9.17) is 14.9 Å². The molecule has 2 aliphatic carbocycles. The minimum Gasteiger partial charge on any atom is -0.504 e. The Labute approximate surface area is 181 Å². The molecule has 2 aliphatic heterocycles. The molecule has 0 amide bonds. The number of carboxylic acid groups (broad SMARTS) is 2. The van der Waals surface area contributed by atoms with Crippen molar-refractivity contribution >= 4 is 11.9 Å². The average Bonchev–Trinajstić information content (AvgIpc) is 3.10. The van der Waals surface area contributed by atoms with Crippen molar-refractivity contribution in [3.8, 4) is 11.5 Å². The van der Waals surface area contributed by atoms with E-state index in [0.717, 1.165) is 19.4 Å². The van der Waals surface area contributed by atoms with Crippen LogP contribution in [0.3, 0.4) is 0 Å². The van der Waals surface area contributed by atoms with Crippen LogP contribution in [0.15, 0.2) is 24.3 Å². The molecule has 2 bridgehead atoms. The average molecular weight is 434 g/mol. The fraction of sp³-hybridized carbons (Fsp3) is 0.565. The van der Waals surface area contributed by atoms with Crippen LogP contribution in [0.25, 0.3) is 0 Å². The Morgan fingerprint density at radius 2 is 1.77 bits per heavy atom. The number of piperidine rings is 1. The number of aliphatic carboxylic acids is 2. The van der Waals surface area contributed by atoms with Crippen LogP contribution < -0.4 is 4.74 Å². The van der Waals surface area contributed by atoms with Crippen LogP contribution in [-0.2, 0) is 21.4 Å². The number of likely N-dealkylation sites (tertiary alicyclic amines) is 1. The van der Waals surface area contributed by atoms with Gasteiger partial charge < -0.3 is 30.1 Å². The zero-order valence-corrected chi connectivity index (χ0v) is 18.1. The van der Waals surface area contributed by atoms with Gasteiger partial charge >= 0.3 is 11.9 Å². The van der Waals surface area contributed by atoms with E-state index in [1.54, 1.807) is 19.9 Å². The number of rotatable bonds is 2. The molecule has 0 saturated carbocycles. The SMILES string of the molecule is CCC(=O)O.CCC(=O)O.CN1CC[C@]23c4c5ccc(O)c4O[C@H]2[C@@H](O)C=C[C@H]3[C@H]1C5. The summed E-state index contributed by atoms with van der Waals surface area (Å²) in [6.45, 7) is 4.21. The number of carboxylic acids is 2. The van der Waals surface area contributed by atoms with Crippen molar-refractivity contribution in [3.63, 3.8) is 0 Å². The predicted molar refractivity (Wildman–Crippen MR) is 113 cm³/mol. The van der Waals surface area contributed by atoms with Crippen molar-refractivity contribution in [1.82, 2.24) is 4.90 Å². The molecule has 5 atom stereocenters. The highest BCUT2D eigenvalue weighted by Gasteiger charge is 2.64. The Morgan fingerprint density at radius 1 is 1.16 bits per heavy atom. The van der Waals surface area contributed by atoms with Crippen LogP contribution in [-0.4, -0.2) is 69.1 Å². The fourth-order valence-corrected chi connectivity index (χ4v) is 5.24. The van der Waals surface area contributed by atoms with Gasteiger partial charge in [0.25, 0.3) is 0 Å². The van der Waals surface area contributed by atoms with E-state index in [1.165, 1.54) is 11.1 Å². The number of aromatic hydroxyl groups is 1. The van der Waals surface area contributed by atoms with E-state index < -0.39 is 18.0 Å². The van der Waals surface area contributed by atoms with E-state index >= 15 is 0 Å². The number of phenolic OH excluding ortho intramolecular Hbond substituents is 1. The Morgan fingerprint density at radius 3 is 2.35 bits per heavy atom. The van der Waals surface area contributed by atoms with Gasteiger partial charge in [0.2, 0.25) is 0 Å². The van der Waals surface area contributed by atoms with Crippen molar-refractivity contribution in [1.29, 1.82) is 0 Å². The van der Waals surface area contributed by atoms with E-state index in [0.29, 0.717) is 17.7 Å². The standard InChI is InChI=1S/C17H19NO3.2C3H6O2/c1-18-7-6-17-10-3-5-13(20)16(17)21-15-12(19)4-2-9(14(15)17)8-11(10)18;2*1-2-3(4)5/h2-5,10-11,13,16,19-20H,6-8H2,1H3;2*2H2,1H3,(H,4,5)/t10-,11+,13-,16-,17-;;/m0../s1. The van der Waals surface area contributed by atoms with E-state index in [2.05, 4.69) is 18.0 Å². The molecule has 0 radical (unpaired) electrons. The third-order valence-electron chi connectivity index (χ3n) is 6.75. The van der Waals surface area contributed by atoms with E-state index in [-0.39, 0.29) is 30.1 Å². The molecule has 1 aromatic rings. The fourth-order valence-electron chi connectivity index (χ4n) is 5.24. The van der Waals surface area contributed by atoms with Crippen molar-refractivity contribution < 1.29 is 34.8 Å². The number of hydrogen-bond acceptors (Lipinski definition) is 6. The Hall–Kier alpha value is -2.58. The zero-order chi connectivity index (χ0) is 22.9. The number of benzene rings is 1. The van der Waals surface area contributed by atoms with Crippen LogP contribution >= 0.6 is 0 Å². The first-order valence-corrected chi connectivity index (χ1v) is 10.7. The summed E-state index contributed by atoms with van der Waals surface area (Å²) in [6, 6.07) is 4.23. The number of nitrogens with zero attached hydrogens (tertiary/aromatic N) is 1. The Kier molecular flexibility index (Phi) is 6.62. The minimum atomic E-state index is -0.745. The largest absolute Gasteiger partial charge is 0.504 e. The lowest BCUT2D eigenvalue weighted by atomic mass is 9.53. The first kappa shape index (κ1) is 23.1. The van der Waals surface area contributed by atoms with Gasteiger partial charge in [-0.15, -0.1) is 0 Å². The summed E-state index contributed by atoms with van der Waals surface area (Å²) in [5, 5.41) is 36.1. The highest BCUT2D eigenvalue weighted by molar-refractivity contribution is 5.66. The van der Waals surface area contributed by atoms with Gasteiger partial charge in [0.05, 0.1) is 0 Å². The van der Waals surface area contributed by atoms with Crippen LogP contribution in [0.2, 0.25) is 0 Å². The third kappa shape index (κ3) is 3.90. The lowest BCUT2D eigenvalue weighted by molar-refractivity contribution is -0.137. The molecule has 31 heavy (non-hydrogen) atoms. The molecule has 5 rings (SSSR count). The molecule has 0 unspecified atom stereocenters. The van der Waals surface area contributed by atoms with Gasteiger partial charge in [-0.2, -0.15) is 0 Å². The maximum Gasteiger partial charge on any atom is 0.303 e. The molecule has 4 aliphatic rings. The summed E-state index contributed by atoms with van der Waals surface area (Å²) in [7, 11) is 2.19. The van der Waals surface area contributed by atoms with Gasteiger partial charge in [-0.3, -0.25) is 9.59 Å². The third-order valence-corrected chi connectivity index (χ3v) is 6.75. The minimum absolute atomic E-state index is 0.160.